The summed E-state index contributed by atoms with van der Waals surface area (Å²) in [5.74, 6) is 5.43. The number of nitrogens with one attached hydrogen (secondary N) is 1. The largest absolute Gasteiger partial charge is 0.311 e. The maximum atomic E-state index is 4.06. The quantitative estimate of drug-likeness (QED) is 0.795. The van der Waals surface area contributed by atoms with Crippen molar-refractivity contribution in [1.29, 1.82) is 0 Å². The average Bonchev–Trinajstić information content (AvgIpc) is 3.11. The zero-order valence-corrected chi connectivity index (χ0v) is 11.9. The van der Waals surface area contributed by atoms with Crippen LogP contribution in [0, 0.1) is 29.6 Å². The summed E-state index contributed by atoms with van der Waals surface area (Å²) in [6, 6.07) is 1.68. The van der Waals surface area contributed by atoms with Gasteiger partial charge in [-0.15, -0.1) is 0 Å². The topological polar surface area (TPSA) is 12.0 Å². The van der Waals surface area contributed by atoms with Crippen LogP contribution in [0.4, 0.5) is 0 Å². The Hall–Kier alpha value is -0.0400. The summed E-state index contributed by atoms with van der Waals surface area (Å²) in [4.78, 5) is 0. The van der Waals surface area contributed by atoms with Crippen LogP contribution >= 0.6 is 0 Å². The Bertz CT molecular complexity index is 307. The van der Waals surface area contributed by atoms with Crippen molar-refractivity contribution >= 4 is 0 Å². The number of hydrogen-bond acceptors (Lipinski definition) is 1. The Morgan fingerprint density at radius 2 is 1.61 bits per heavy atom. The second-order valence-electron chi connectivity index (χ2n) is 7.76. The molecule has 1 nitrogen and oxygen atoms in total. The lowest BCUT2D eigenvalue weighted by Crippen LogP contribution is -2.45. The summed E-state index contributed by atoms with van der Waals surface area (Å²) >= 11 is 0. The maximum absolute atomic E-state index is 4.06. The van der Waals surface area contributed by atoms with E-state index in [-0.39, 0.29) is 0 Å². The zero-order valence-electron chi connectivity index (χ0n) is 11.9. The van der Waals surface area contributed by atoms with Crippen molar-refractivity contribution in [3.8, 4) is 0 Å². The molecule has 4 aliphatic carbocycles. The summed E-state index contributed by atoms with van der Waals surface area (Å²) in [6.07, 6.45) is 13.7. The number of rotatable bonds is 3. The van der Waals surface area contributed by atoms with Crippen LogP contribution in [0.2, 0.25) is 0 Å². The van der Waals surface area contributed by atoms with E-state index >= 15 is 0 Å². The van der Waals surface area contributed by atoms with Crippen molar-refractivity contribution in [2.45, 2.75) is 76.8 Å². The van der Waals surface area contributed by atoms with Crippen LogP contribution in [-0.2, 0) is 0 Å². The highest BCUT2D eigenvalue weighted by Gasteiger charge is 2.53. The van der Waals surface area contributed by atoms with Crippen molar-refractivity contribution in [3.63, 3.8) is 0 Å². The highest BCUT2D eigenvalue weighted by molar-refractivity contribution is 5.06. The van der Waals surface area contributed by atoms with Crippen LogP contribution in [0.15, 0.2) is 0 Å². The molecule has 0 aromatic rings. The van der Waals surface area contributed by atoms with E-state index in [1.807, 2.05) is 0 Å². The molecule has 0 amide bonds. The normalized spacial score (nSPS) is 48.8. The molecule has 0 aromatic heterocycles. The van der Waals surface area contributed by atoms with Gasteiger partial charge in [-0.05, 0) is 75.0 Å². The highest BCUT2D eigenvalue weighted by Crippen LogP contribution is 2.58. The van der Waals surface area contributed by atoms with Gasteiger partial charge in [0.25, 0.3) is 0 Å². The first-order valence-electron chi connectivity index (χ1n) is 8.59. The van der Waals surface area contributed by atoms with E-state index in [4.69, 9.17) is 0 Å². The molecule has 0 radical (unpaired) electrons. The maximum Gasteiger partial charge on any atom is 0.0103 e. The summed E-state index contributed by atoms with van der Waals surface area (Å²) in [7, 11) is 0. The summed E-state index contributed by atoms with van der Waals surface area (Å²) < 4.78 is 0. The molecule has 0 spiro atoms. The van der Waals surface area contributed by atoms with Crippen LogP contribution < -0.4 is 5.32 Å². The van der Waals surface area contributed by atoms with E-state index in [9.17, 15) is 0 Å². The standard InChI is InChI=1S/C17H29N/c1-11(12-5-2-3-6-12)18-17-10-13-9-16(17)15-8-4-7-14(13)15/h11-18H,2-10H2,1H3. The first kappa shape index (κ1) is 11.8. The number of fused-ring (bicyclic) bond motifs is 5. The fourth-order valence-corrected chi connectivity index (χ4v) is 6.19. The van der Waals surface area contributed by atoms with E-state index < -0.39 is 0 Å². The molecule has 4 rings (SSSR count). The van der Waals surface area contributed by atoms with Gasteiger partial charge in [0, 0.05) is 12.1 Å². The Morgan fingerprint density at radius 3 is 2.44 bits per heavy atom. The molecule has 4 saturated carbocycles. The third-order valence-electron chi connectivity index (χ3n) is 7.01. The lowest BCUT2D eigenvalue weighted by atomic mass is 9.78. The van der Waals surface area contributed by atoms with Crippen LogP contribution in [0.25, 0.3) is 0 Å². The third kappa shape index (κ3) is 1.77. The average molecular weight is 247 g/mol. The van der Waals surface area contributed by atoms with E-state index in [0.29, 0.717) is 0 Å². The molecule has 18 heavy (non-hydrogen) atoms. The first-order valence-corrected chi connectivity index (χ1v) is 8.59. The van der Waals surface area contributed by atoms with Crippen molar-refractivity contribution < 1.29 is 0 Å². The van der Waals surface area contributed by atoms with Gasteiger partial charge in [-0.2, -0.15) is 0 Å². The first-order chi connectivity index (χ1) is 8.83. The van der Waals surface area contributed by atoms with Gasteiger partial charge in [0.2, 0.25) is 0 Å². The summed E-state index contributed by atoms with van der Waals surface area (Å²) in [5, 5.41) is 4.06. The molecule has 6 atom stereocenters. The van der Waals surface area contributed by atoms with E-state index in [1.54, 1.807) is 19.3 Å². The Kier molecular flexibility index (Phi) is 2.94. The Labute approximate surface area is 112 Å². The third-order valence-corrected chi connectivity index (χ3v) is 7.01. The van der Waals surface area contributed by atoms with Crippen molar-refractivity contribution in [2.75, 3.05) is 0 Å². The Morgan fingerprint density at radius 1 is 0.833 bits per heavy atom. The molecule has 0 saturated heterocycles. The van der Waals surface area contributed by atoms with Gasteiger partial charge < -0.3 is 5.32 Å². The van der Waals surface area contributed by atoms with Crippen molar-refractivity contribution in [2.24, 2.45) is 29.6 Å². The second-order valence-corrected chi connectivity index (χ2v) is 7.76. The SMILES string of the molecule is CC(NC1CC2CC1C1CCCC21)C1CCCC1. The molecule has 1 N–H and O–H groups in total. The minimum Gasteiger partial charge on any atom is -0.311 e. The molecule has 6 unspecified atom stereocenters. The Balaban J connectivity index is 1.39. The highest BCUT2D eigenvalue weighted by atomic mass is 15.0. The van der Waals surface area contributed by atoms with Crippen molar-refractivity contribution in [1.82, 2.24) is 5.32 Å². The minimum atomic E-state index is 0.789. The molecule has 0 heterocycles. The van der Waals surface area contributed by atoms with Gasteiger partial charge in [-0.3, -0.25) is 0 Å². The number of hydrogen-bond donors (Lipinski definition) is 1. The van der Waals surface area contributed by atoms with Gasteiger partial charge in [-0.1, -0.05) is 19.3 Å². The summed E-state index contributed by atoms with van der Waals surface area (Å²) in [5.41, 5.74) is 0. The molecule has 0 aromatic carbocycles. The minimum absolute atomic E-state index is 0.789. The van der Waals surface area contributed by atoms with Crippen LogP contribution in [0.5, 0.6) is 0 Å². The molecule has 4 aliphatic rings. The van der Waals surface area contributed by atoms with Crippen LogP contribution in [-0.4, -0.2) is 12.1 Å². The monoisotopic (exact) mass is 247 g/mol. The van der Waals surface area contributed by atoms with Crippen LogP contribution in [0.1, 0.15) is 64.7 Å². The fourth-order valence-electron chi connectivity index (χ4n) is 6.19. The van der Waals surface area contributed by atoms with Gasteiger partial charge in [0.05, 0.1) is 0 Å². The van der Waals surface area contributed by atoms with E-state index in [1.165, 1.54) is 38.5 Å². The molecule has 2 bridgehead atoms. The smallest absolute Gasteiger partial charge is 0.0103 e. The van der Waals surface area contributed by atoms with E-state index in [0.717, 1.165) is 41.7 Å². The predicted molar refractivity (Wildman–Crippen MR) is 75.4 cm³/mol. The molecule has 0 aliphatic heterocycles. The predicted octanol–water partition coefficient (Wildman–Crippen LogP) is 3.98. The molecule has 1 heteroatoms. The van der Waals surface area contributed by atoms with E-state index in [2.05, 4.69) is 12.2 Å². The molecule has 4 fully saturated rings. The molecule has 102 valence electrons. The van der Waals surface area contributed by atoms with Gasteiger partial charge in [-0.25, -0.2) is 0 Å². The van der Waals surface area contributed by atoms with Gasteiger partial charge in [0.1, 0.15) is 0 Å². The summed E-state index contributed by atoms with van der Waals surface area (Å²) in [6.45, 7) is 2.47. The van der Waals surface area contributed by atoms with Crippen LogP contribution in [0.3, 0.4) is 0 Å². The second kappa shape index (κ2) is 4.51. The zero-order chi connectivity index (χ0) is 12.1. The lowest BCUT2D eigenvalue weighted by Gasteiger charge is -2.35. The van der Waals surface area contributed by atoms with Gasteiger partial charge in [0.15, 0.2) is 0 Å². The lowest BCUT2D eigenvalue weighted by molar-refractivity contribution is 0.188. The molecular weight excluding hydrogens is 218 g/mol. The molecular formula is C17H29N. The fraction of sp³-hybridized carbons (Fsp3) is 1.00. The van der Waals surface area contributed by atoms with Gasteiger partial charge >= 0.3 is 0 Å². The van der Waals surface area contributed by atoms with Crippen molar-refractivity contribution in [3.05, 3.63) is 0 Å².